The molecular formula is C18H14ClF2N3O3S. The Morgan fingerprint density at radius 2 is 2.00 bits per heavy atom. The lowest BCUT2D eigenvalue weighted by atomic mass is 10.0. The van der Waals surface area contributed by atoms with Crippen molar-refractivity contribution in [3.63, 3.8) is 0 Å². The molecule has 146 valence electrons. The Morgan fingerprint density at radius 3 is 2.68 bits per heavy atom. The van der Waals surface area contributed by atoms with Crippen LogP contribution in [-0.2, 0) is 10.0 Å². The minimum atomic E-state index is -3.81. The van der Waals surface area contributed by atoms with Gasteiger partial charge in [0.1, 0.15) is 11.5 Å². The maximum Gasteiger partial charge on any atom is 0.235 e. The molecule has 2 N–H and O–H groups in total. The summed E-state index contributed by atoms with van der Waals surface area (Å²) in [5.74, 6) is -3.36. The Morgan fingerprint density at radius 1 is 1.25 bits per heavy atom. The zero-order valence-electron chi connectivity index (χ0n) is 14.3. The molecular weight excluding hydrogens is 412 g/mol. The number of aromatic amines is 1. The monoisotopic (exact) mass is 425 g/mol. The summed E-state index contributed by atoms with van der Waals surface area (Å²) in [5.41, 5.74) is -1.11. The van der Waals surface area contributed by atoms with Crippen LogP contribution in [0, 0.1) is 11.6 Å². The van der Waals surface area contributed by atoms with E-state index in [2.05, 4.69) is 14.7 Å². The van der Waals surface area contributed by atoms with Crippen molar-refractivity contribution in [1.82, 2.24) is 9.97 Å². The van der Waals surface area contributed by atoms with E-state index in [0.29, 0.717) is 18.5 Å². The molecule has 0 aliphatic heterocycles. The lowest BCUT2D eigenvalue weighted by Gasteiger charge is -2.25. The second-order valence-electron chi connectivity index (χ2n) is 6.53. The first-order chi connectivity index (χ1) is 13.3. The number of nitrogens with zero attached hydrogens (tertiary/aromatic N) is 1. The van der Waals surface area contributed by atoms with E-state index in [1.807, 2.05) is 0 Å². The molecule has 0 bridgehead atoms. The Kier molecular flexibility index (Phi) is 4.59. The number of fused-ring (bicyclic) bond motifs is 1. The van der Waals surface area contributed by atoms with Crippen LogP contribution in [0.2, 0.25) is 5.02 Å². The number of carbonyl (C=O) groups is 1. The number of anilines is 1. The summed E-state index contributed by atoms with van der Waals surface area (Å²) in [7, 11) is -3.81. The molecule has 1 fully saturated rings. The first-order valence-electron chi connectivity index (χ1n) is 8.45. The number of benzene rings is 1. The summed E-state index contributed by atoms with van der Waals surface area (Å²) in [6.45, 7) is 0. The van der Waals surface area contributed by atoms with Gasteiger partial charge in [-0.05, 0) is 31.0 Å². The number of carbonyl (C=O) groups excluding carboxylic acids is 1. The molecule has 0 spiro atoms. The molecule has 6 nitrogen and oxygen atoms in total. The third-order valence-corrected chi connectivity index (χ3v) is 7.00. The Bertz CT molecular complexity index is 1210. The number of hydrogen-bond acceptors (Lipinski definition) is 4. The predicted octanol–water partition coefficient (Wildman–Crippen LogP) is 4.02. The van der Waals surface area contributed by atoms with Gasteiger partial charge in [0, 0.05) is 17.8 Å². The van der Waals surface area contributed by atoms with Crippen LogP contribution in [0.3, 0.4) is 0 Å². The minimum absolute atomic E-state index is 0.0649. The average molecular weight is 426 g/mol. The van der Waals surface area contributed by atoms with Gasteiger partial charge in [0.25, 0.3) is 0 Å². The van der Waals surface area contributed by atoms with Crippen molar-refractivity contribution in [2.24, 2.45) is 0 Å². The van der Waals surface area contributed by atoms with Crippen LogP contribution in [0.5, 0.6) is 0 Å². The number of pyridine rings is 1. The number of halogens is 3. The van der Waals surface area contributed by atoms with Crippen LogP contribution in [-0.4, -0.2) is 29.4 Å². The molecule has 1 saturated carbocycles. The van der Waals surface area contributed by atoms with E-state index in [4.69, 9.17) is 11.6 Å². The Balaban J connectivity index is 1.78. The quantitative estimate of drug-likeness (QED) is 0.604. The number of rotatable bonds is 5. The molecule has 28 heavy (non-hydrogen) atoms. The number of nitrogens with one attached hydrogen (secondary N) is 2. The highest BCUT2D eigenvalue weighted by atomic mass is 35.5. The number of sulfonamides is 1. The van der Waals surface area contributed by atoms with Gasteiger partial charge in [-0.1, -0.05) is 18.0 Å². The van der Waals surface area contributed by atoms with Crippen LogP contribution in [0.15, 0.2) is 30.6 Å². The molecule has 4 rings (SSSR count). The van der Waals surface area contributed by atoms with E-state index < -0.39 is 43.9 Å². The van der Waals surface area contributed by atoms with Gasteiger partial charge in [-0.2, -0.15) is 0 Å². The summed E-state index contributed by atoms with van der Waals surface area (Å²) < 4.78 is 56.0. The molecule has 1 aliphatic carbocycles. The van der Waals surface area contributed by atoms with E-state index in [9.17, 15) is 22.0 Å². The first-order valence-corrected chi connectivity index (χ1v) is 10.4. The van der Waals surface area contributed by atoms with Crippen molar-refractivity contribution >= 4 is 44.1 Å². The van der Waals surface area contributed by atoms with Crippen LogP contribution in [0.4, 0.5) is 14.5 Å². The molecule has 0 saturated heterocycles. The fourth-order valence-electron chi connectivity index (χ4n) is 3.09. The first kappa shape index (κ1) is 18.8. The number of aromatic nitrogens is 2. The average Bonchev–Trinajstić information content (AvgIpc) is 3.01. The summed E-state index contributed by atoms with van der Waals surface area (Å²) in [5, 5.41) is -0.194. The maximum atomic E-state index is 14.9. The molecule has 0 atom stereocenters. The highest BCUT2D eigenvalue weighted by Gasteiger charge is 2.33. The fraction of sp³-hybridized carbons (Fsp3) is 0.222. The molecule has 1 aromatic carbocycles. The SMILES string of the molecule is O=C(c1c(F)ccc(NS(=O)(=O)C2CCC2)c1F)c1c[nH]c2nccc(Cl)c12. The van der Waals surface area contributed by atoms with Crippen molar-refractivity contribution in [3.8, 4) is 0 Å². The van der Waals surface area contributed by atoms with Crippen molar-refractivity contribution < 1.29 is 22.0 Å². The molecule has 1 aliphatic rings. The summed E-state index contributed by atoms with van der Waals surface area (Å²) in [6, 6.07) is 3.26. The van der Waals surface area contributed by atoms with Crippen LogP contribution in [0.25, 0.3) is 11.0 Å². The Labute approximate surface area is 164 Å². The molecule has 2 aromatic heterocycles. The second kappa shape index (κ2) is 6.82. The van der Waals surface area contributed by atoms with Gasteiger partial charge >= 0.3 is 0 Å². The van der Waals surface area contributed by atoms with Crippen molar-refractivity contribution in [2.45, 2.75) is 24.5 Å². The normalized spacial score (nSPS) is 14.8. The zero-order chi connectivity index (χ0) is 20.1. The third kappa shape index (κ3) is 3.04. The lowest BCUT2D eigenvalue weighted by Crippen LogP contribution is -2.33. The van der Waals surface area contributed by atoms with E-state index in [-0.39, 0.29) is 16.0 Å². The minimum Gasteiger partial charge on any atom is -0.345 e. The smallest absolute Gasteiger partial charge is 0.235 e. The van der Waals surface area contributed by atoms with E-state index in [1.165, 1.54) is 18.5 Å². The number of H-pyrrole nitrogens is 1. The molecule has 0 radical (unpaired) electrons. The maximum absolute atomic E-state index is 14.9. The van der Waals surface area contributed by atoms with Gasteiger partial charge in [-0.25, -0.2) is 22.2 Å². The van der Waals surface area contributed by atoms with Gasteiger partial charge in [0.05, 0.1) is 27.1 Å². The van der Waals surface area contributed by atoms with Gasteiger partial charge in [0.15, 0.2) is 5.82 Å². The third-order valence-electron chi connectivity index (χ3n) is 4.83. The van der Waals surface area contributed by atoms with Crippen LogP contribution in [0.1, 0.15) is 35.2 Å². The van der Waals surface area contributed by atoms with E-state index in [1.54, 1.807) is 0 Å². The summed E-state index contributed by atoms with van der Waals surface area (Å²) in [4.78, 5) is 19.6. The van der Waals surface area contributed by atoms with Crippen molar-refractivity contribution in [1.29, 1.82) is 0 Å². The standard InChI is InChI=1S/C18H14ClF2N3O3S/c19-11-6-7-22-18-14(11)10(8-23-18)17(25)15-12(20)4-5-13(16(15)21)24-28(26,27)9-2-1-3-9/h4-9,24H,1-3H2,(H,22,23). The summed E-state index contributed by atoms with van der Waals surface area (Å²) in [6.07, 6.45) is 4.41. The fourth-order valence-corrected chi connectivity index (χ4v) is 4.92. The molecule has 3 aromatic rings. The molecule has 0 amide bonds. The zero-order valence-corrected chi connectivity index (χ0v) is 15.9. The van der Waals surface area contributed by atoms with Crippen molar-refractivity contribution in [2.75, 3.05) is 4.72 Å². The lowest BCUT2D eigenvalue weighted by molar-refractivity contribution is 0.103. The van der Waals surface area contributed by atoms with Gasteiger partial charge < -0.3 is 4.98 Å². The van der Waals surface area contributed by atoms with E-state index >= 15 is 0 Å². The molecule has 0 unspecified atom stereocenters. The highest BCUT2D eigenvalue weighted by molar-refractivity contribution is 7.93. The predicted molar refractivity (Wildman–Crippen MR) is 101 cm³/mol. The molecule has 2 heterocycles. The largest absolute Gasteiger partial charge is 0.345 e. The topological polar surface area (TPSA) is 91.9 Å². The van der Waals surface area contributed by atoms with Gasteiger partial charge in [0.2, 0.25) is 15.8 Å². The second-order valence-corrected chi connectivity index (χ2v) is 8.90. The summed E-state index contributed by atoms with van der Waals surface area (Å²) >= 11 is 6.10. The van der Waals surface area contributed by atoms with Gasteiger partial charge in [-0.15, -0.1) is 0 Å². The van der Waals surface area contributed by atoms with Gasteiger partial charge in [-0.3, -0.25) is 9.52 Å². The number of ketones is 1. The van der Waals surface area contributed by atoms with Crippen molar-refractivity contribution in [3.05, 3.63) is 58.4 Å². The van der Waals surface area contributed by atoms with Crippen LogP contribution >= 0.6 is 11.6 Å². The van der Waals surface area contributed by atoms with Crippen LogP contribution < -0.4 is 4.72 Å². The number of hydrogen-bond donors (Lipinski definition) is 2. The van der Waals surface area contributed by atoms with E-state index in [0.717, 1.165) is 18.6 Å². The molecule has 10 heteroatoms. The highest BCUT2D eigenvalue weighted by Crippen LogP contribution is 2.32. The Hall–Kier alpha value is -2.52.